The Bertz CT molecular complexity index is 960. The van der Waals surface area contributed by atoms with Crippen molar-refractivity contribution in [3.8, 4) is 0 Å². The molecule has 1 saturated carbocycles. The van der Waals surface area contributed by atoms with Gasteiger partial charge in [-0.3, -0.25) is 9.59 Å². The summed E-state index contributed by atoms with van der Waals surface area (Å²) in [5.41, 5.74) is 1.46. The lowest BCUT2D eigenvalue weighted by Gasteiger charge is -2.16. The van der Waals surface area contributed by atoms with Crippen LogP contribution in [-0.2, 0) is 10.2 Å². The normalized spacial score (nSPS) is 14.4. The highest BCUT2D eigenvalue weighted by atomic mass is 19.1. The molecule has 2 aromatic carbocycles. The van der Waals surface area contributed by atoms with Crippen molar-refractivity contribution in [1.29, 1.82) is 0 Å². The maximum absolute atomic E-state index is 13.1. The van der Waals surface area contributed by atoms with Crippen LogP contribution >= 0.6 is 0 Å². The van der Waals surface area contributed by atoms with Crippen LogP contribution in [0, 0.1) is 5.82 Å². The van der Waals surface area contributed by atoms with Gasteiger partial charge in [-0.2, -0.15) is 0 Å². The topological polar surface area (TPSA) is 71.3 Å². The molecule has 5 nitrogen and oxygen atoms in total. The Morgan fingerprint density at radius 1 is 0.889 bits per heavy atom. The first kappa shape index (κ1) is 17.0. The molecule has 136 valence electrons. The van der Waals surface area contributed by atoms with E-state index in [0.29, 0.717) is 11.4 Å². The van der Waals surface area contributed by atoms with Gasteiger partial charge < -0.3 is 15.1 Å². The highest BCUT2D eigenvalue weighted by molar-refractivity contribution is 6.03. The molecule has 6 heteroatoms. The summed E-state index contributed by atoms with van der Waals surface area (Å²) >= 11 is 0. The molecule has 1 aromatic heterocycles. The minimum atomic E-state index is -0.583. The molecule has 4 rings (SSSR count). The summed E-state index contributed by atoms with van der Waals surface area (Å²) in [4.78, 5) is 24.7. The Balaban J connectivity index is 1.42. The first-order chi connectivity index (χ1) is 13.1. The number of hydrogen-bond donors (Lipinski definition) is 2. The van der Waals surface area contributed by atoms with Crippen molar-refractivity contribution in [3.05, 3.63) is 84.1 Å². The number of carbonyl (C=O) groups excluding carboxylic acids is 2. The van der Waals surface area contributed by atoms with E-state index >= 15 is 0 Å². The summed E-state index contributed by atoms with van der Waals surface area (Å²) in [6.45, 7) is 0. The van der Waals surface area contributed by atoms with Gasteiger partial charge in [0.15, 0.2) is 5.76 Å². The lowest BCUT2D eigenvalue weighted by Crippen LogP contribution is -2.27. The number of rotatable bonds is 5. The molecule has 0 bridgehead atoms. The molecular weight excluding hydrogens is 347 g/mol. The number of nitrogens with one attached hydrogen (secondary N) is 2. The Morgan fingerprint density at radius 2 is 1.52 bits per heavy atom. The molecule has 1 fully saturated rings. The van der Waals surface area contributed by atoms with Crippen LogP contribution in [0.2, 0.25) is 0 Å². The minimum absolute atomic E-state index is 0.110. The molecule has 1 aliphatic rings. The monoisotopic (exact) mass is 364 g/mol. The lowest BCUT2D eigenvalue weighted by molar-refractivity contribution is -0.118. The molecule has 0 radical (unpaired) electrons. The molecule has 0 spiro atoms. The zero-order chi connectivity index (χ0) is 18.9. The first-order valence-corrected chi connectivity index (χ1v) is 8.59. The van der Waals surface area contributed by atoms with E-state index in [1.165, 1.54) is 18.4 Å². The number of amides is 2. The molecule has 2 amide bonds. The van der Waals surface area contributed by atoms with Crippen LogP contribution in [0.5, 0.6) is 0 Å². The third-order valence-corrected chi connectivity index (χ3v) is 4.73. The quantitative estimate of drug-likeness (QED) is 0.707. The zero-order valence-electron chi connectivity index (χ0n) is 14.4. The highest BCUT2D eigenvalue weighted by Crippen LogP contribution is 2.49. The molecule has 1 heterocycles. The second-order valence-electron chi connectivity index (χ2n) is 6.55. The van der Waals surface area contributed by atoms with E-state index in [2.05, 4.69) is 10.6 Å². The predicted molar refractivity (Wildman–Crippen MR) is 99.0 cm³/mol. The van der Waals surface area contributed by atoms with E-state index in [0.717, 1.165) is 18.4 Å². The van der Waals surface area contributed by atoms with Gasteiger partial charge in [0.25, 0.3) is 5.91 Å². The fourth-order valence-corrected chi connectivity index (χ4v) is 3.03. The number of carbonyl (C=O) groups is 2. The minimum Gasteiger partial charge on any atom is -0.459 e. The predicted octanol–water partition coefficient (Wildman–Crippen LogP) is 4.34. The van der Waals surface area contributed by atoms with Crippen molar-refractivity contribution in [1.82, 2.24) is 0 Å². The Kier molecular flexibility index (Phi) is 4.24. The molecule has 3 aromatic rings. The van der Waals surface area contributed by atoms with Crippen molar-refractivity contribution < 1.29 is 18.4 Å². The summed E-state index contributed by atoms with van der Waals surface area (Å²) in [7, 11) is 0. The smallest absolute Gasteiger partial charge is 0.291 e. The second kappa shape index (κ2) is 6.72. The number of benzene rings is 2. The van der Waals surface area contributed by atoms with E-state index in [-0.39, 0.29) is 23.4 Å². The third-order valence-electron chi connectivity index (χ3n) is 4.73. The molecule has 0 saturated heterocycles. The van der Waals surface area contributed by atoms with E-state index in [1.54, 1.807) is 48.5 Å². The molecule has 1 aliphatic carbocycles. The summed E-state index contributed by atoms with van der Waals surface area (Å²) in [6.07, 6.45) is 2.91. The van der Waals surface area contributed by atoms with Gasteiger partial charge >= 0.3 is 0 Å². The van der Waals surface area contributed by atoms with Gasteiger partial charge in [0.1, 0.15) is 5.82 Å². The number of furan rings is 1. The fraction of sp³-hybridized carbons (Fsp3) is 0.143. The zero-order valence-corrected chi connectivity index (χ0v) is 14.4. The first-order valence-electron chi connectivity index (χ1n) is 8.59. The van der Waals surface area contributed by atoms with E-state index in [4.69, 9.17) is 4.42 Å². The molecule has 2 N–H and O–H groups in total. The Labute approximate surface area is 155 Å². The summed E-state index contributed by atoms with van der Waals surface area (Å²) in [5, 5.41) is 5.62. The fourth-order valence-electron chi connectivity index (χ4n) is 3.03. The van der Waals surface area contributed by atoms with E-state index in [9.17, 15) is 14.0 Å². The lowest BCUT2D eigenvalue weighted by atomic mass is 9.95. The maximum atomic E-state index is 13.1. The number of anilines is 2. The van der Waals surface area contributed by atoms with Gasteiger partial charge in [0, 0.05) is 11.4 Å². The average Bonchev–Trinajstić information content (AvgIpc) is 3.30. The standard InChI is InChI=1S/C21H17FN2O3/c22-15-5-3-14(4-6-15)21(11-12-21)20(26)24-17-9-7-16(8-10-17)23-19(25)18-2-1-13-27-18/h1-10,13H,11-12H2,(H,23,25)(H,24,26). The number of hydrogen-bond acceptors (Lipinski definition) is 3. The van der Waals surface area contributed by atoms with Gasteiger partial charge in [-0.25, -0.2) is 4.39 Å². The van der Waals surface area contributed by atoms with Crippen LogP contribution < -0.4 is 10.6 Å². The molecule has 0 unspecified atom stereocenters. The van der Waals surface area contributed by atoms with E-state index in [1.807, 2.05) is 0 Å². The van der Waals surface area contributed by atoms with Crippen LogP contribution in [0.25, 0.3) is 0 Å². The molecule has 0 aliphatic heterocycles. The van der Waals surface area contributed by atoms with Crippen molar-refractivity contribution in [2.24, 2.45) is 0 Å². The van der Waals surface area contributed by atoms with Crippen LogP contribution in [-0.4, -0.2) is 11.8 Å². The third kappa shape index (κ3) is 3.46. The molecule has 27 heavy (non-hydrogen) atoms. The van der Waals surface area contributed by atoms with E-state index < -0.39 is 5.41 Å². The summed E-state index contributed by atoms with van der Waals surface area (Å²) < 4.78 is 18.2. The maximum Gasteiger partial charge on any atom is 0.291 e. The molecular formula is C21H17FN2O3. The number of halogens is 1. The Hall–Kier alpha value is -3.41. The average molecular weight is 364 g/mol. The molecule has 0 atom stereocenters. The second-order valence-corrected chi connectivity index (χ2v) is 6.55. The van der Waals surface area contributed by atoms with Crippen molar-refractivity contribution in [2.45, 2.75) is 18.3 Å². The van der Waals surface area contributed by atoms with Gasteiger partial charge in [-0.1, -0.05) is 12.1 Å². The Morgan fingerprint density at radius 3 is 2.07 bits per heavy atom. The van der Waals surface area contributed by atoms with Crippen molar-refractivity contribution in [3.63, 3.8) is 0 Å². The van der Waals surface area contributed by atoms with Crippen LogP contribution in [0.3, 0.4) is 0 Å². The summed E-state index contributed by atoms with van der Waals surface area (Å²) in [5.74, 6) is -0.545. The van der Waals surface area contributed by atoms with Gasteiger partial charge in [-0.15, -0.1) is 0 Å². The summed E-state index contributed by atoms with van der Waals surface area (Å²) in [6, 6.07) is 16.1. The highest BCUT2D eigenvalue weighted by Gasteiger charge is 2.51. The van der Waals surface area contributed by atoms with Crippen LogP contribution in [0.15, 0.2) is 71.3 Å². The van der Waals surface area contributed by atoms with Gasteiger partial charge in [-0.05, 0) is 66.9 Å². The van der Waals surface area contributed by atoms with Gasteiger partial charge in [0.2, 0.25) is 5.91 Å². The van der Waals surface area contributed by atoms with Crippen LogP contribution in [0.4, 0.5) is 15.8 Å². The van der Waals surface area contributed by atoms with Crippen molar-refractivity contribution >= 4 is 23.2 Å². The SMILES string of the molecule is O=C(Nc1ccc(NC(=O)C2(c3ccc(F)cc3)CC2)cc1)c1ccco1. The van der Waals surface area contributed by atoms with Crippen molar-refractivity contribution in [2.75, 3.05) is 10.6 Å². The van der Waals surface area contributed by atoms with Crippen LogP contribution in [0.1, 0.15) is 29.0 Å². The van der Waals surface area contributed by atoms with Gasteiger partial charge in [0.05, 0.1) is 11.7 Å². The largest absolute Gasteiger partial charge is 0.459 e.